The van der Waals surface area contributed by atoms with Gasteiger partial charge in [0.1, 0.15) is 0 Å². The predicted molar refractivity (Wildman–Crippen MR) is 96.7 cm³/mol. The molecule has 0 N–H and O–H groups in total. The second-order valence-electron chi connectivity index (χ2n) is 5.52. The molecule has 0 radical (unpaired) electrons. The van der Waals surface area contributed by atoms with Crippen LogP contribution in [0.3, 0.4) is 0 Å². The smallest absolute Gasteiger partial charge is 0.0722 e. The van der Waals surface area contributed by atoms with Gasteiger partial charge in [0.15, 0.2) is 0 Å². The van der Waals surface area contributed by atoms with E-state index in [9.17, 15) is 0 Å². The molecule has 0 saturated heterocycles. The lowest BCUT2D eigenvalue weighted by atomic mass is 10.0. The molecule has 22 heavy (non-hydrogen) atoms. The Hall–Kier alpha value is -2.15. The first kappa shape index (κ1) is 16.2. The first-order chi connectivity index (χ1) is 10.8. The molecule has 1 heteroatoms. The van der Waals surface area contributed by atoms with Gasteiger partial charge in [-0.05, 0) is 26.2 Å². The van der Waals surface area contributed by atoms with Crippen molar-refractivity contribution in [2.75, 3.05) is 0 Å². The van der Waals surface area contributed by atoms with Crippen LogP contribution >= 0.6 is 0 Å². The lowest BCUT2D eigenvalue weighted by Crippen LogP contribution is -2.08. The Morgan fingerprint density at radius 3 is 1.95 bits per heavy atom. The molecule has 114 valence electrons. The summed E-state index contributed by atoms with van der Waals surface area (Å²) in [5, 5.41) is 0. The molecule has 0 amide bonds. The molecule has 1 unspecified atom stereocenters. The average molecular weight is 291 g/mol. The quantitative estimate of drug-likeness (QED) is 0.461. The van der Waals surface area contributed by atoms with E-state index in [4.69, 9.17) is 4.99 Å². The van der Waals surface area contributed by atoms with Crippen LogP contribution in [0.25, 0.3) is 0 Å². The molecule has 1 nitrogen and oxygen atoms in total. The Labute approximate surface area is 134 Å². The molecule has 2 aromatic carbocycles. The van der Waals surface area contributed by atoms with Gasteiger partial charge in [-0.2, -0.15) is 0 Å². The van der Waals surface area contributed by atoms with Crippen molar-refractivity contribution in [1.82, 2.24) is 0 Å². The summed E-state index contributed by atoms with van der Waals surface area (Å²) in [6.45, 7) is 4.37. The van der Waals surface area contributed by atoms with E-state index in [1.807, 2.05) is 12.1 Å². The van der Waals surface area contributed by atoms with Gasteiger partial charge in [-0.15, -0.1) is 0 Å². The van der Waals surface area contributed by atoms with Crippen molar-refractivity contribution in [2.24, 2.45) is 4.99 Å². The molecular weight excluding hydrogens is 266 g/mol. The van der Waals surface area contributed by atoms with E-state index in [0.717, 1.165) is 25.0 Å². The van der Waals surface area contributed by atoms with E-state index in [-0.39, 0.29) is 0 Å². The third kappa shape index (κ3) is 5.00. The topological polar surface area (TPSA) is 12.4 Å². The molecule has 0 aliphatic heterocycles. The van der Waals surface area contributed by atoms with Gasteiger partial charge in [0, 0.05) is 17.2 Å². The molecule has 0 aliphatic rings. The zero-order valence-corrected chi connectivity index (χ0v) is 13.6. The van der Waals surface area contributed by atoms with Gasteiger partial charge in [0.05, 0.1) is 5.71 Å². The van der Waals surface area contributed by atoms with Gasteiger partial charge < -0.3 is 0 Å². The van der Waals surface area contributed by atoms with Crippen LogP contribution in [0.2, 0.25) is 0 Å². The fraction of sp³-hybridized carbons (Fsp3) is 0.286. The van der Waals surface area contributed by atoms with Crippen LogP contribution < -0.4 is 0 Å². The van der Waals surface area contributed by atoms with Gasteiger partial charge in [0.2, 0.25) is 0 Å². The van der Waals surface area contributed by atoms with Crippen molar-refractivity contribution in [3.8, 4) is 0 Å². The Balaban J connectivity index is 2.21. The molecule has 0 bridgehead atoms. The minimum atomic E-state index is 0.317. The molecule has 0 fully saturated rings. The fourth-order valence-corrected chi connectivity index (χ4v) is 2.41. The maximum absolute atomic E-state index is 5.00. The maximum atomic E-state index is 5.00. The average Bonchev–Trinajstić information content (AvgIpc) is 2.58. The summed E-state index contributed by atoms with van der Waals surface area (Å²) < 4.78 is 0. The second-order valence-corrected chi connectivity index (χ2v) is 5.52. The van der Waals surface area contributed by atoms with Crippen LogP contribution in [-0.2, 0) is 0 Å². The summed E-state index contributed by atoms with van der Waals surface area (Å²) in [5.41, 5.74) is 3.46. The van der Waals surface area contributed by atoms with Gasteiger partial charge in [-0.1, -0.05) is 79.7 Å². The minimum absolute atomic E-state index is 0.317. The van der Waals surface area contributed by atoms with Crippen LogP contribution in [0.4, 0.5) is 0 Å². The third-order valence-corrected chi connectivity index (χ3v) is 3.60. The summed E-state index contributed by atoms with van der Waals surface area (Å²) in [6.07, 6.45) is 7.77. The van der Waals surface area contributed by atoms with Crippen LogP contribution in [0, 0.1) is 0 Å². The lowest BCUT2D eigenvalue weighted by Gasteiger charge is -2.11. The van der Waals surface area contributed by atoms with Gasteiger partial charge in [-0.3, -0.25) is 4.99 Å². The summed E-state index contributed by atoms with van der Waals surface area (Å²) in [5.74, 6) is 0. The van der Waals surface area contributed by atoms with Crippen molar-refractivity contribution in [3.63, 3.8) is 0 Å². The summed E-state index contributed by atoms with van der Waals surface area (Å²) in [6, 6.07) is 21.2. The zero-order valence-electron chi connectivity index (χ0n) is 13.6. The molecule has 0 spiro atoms. The molecule has 0 heterocycles. The van der Waals surface area contributed by atoms with Gasteiger partial charge in [-0.25, -0.2) is 0 Å². The van der Waals surface area contributed by atoms with E-state index in [2.05, 4.69) is 74.5 Å². The molecule has 0 aliphatic carbocycles. The number of hydrogen-bond donors (Lipinski definition) is 0. The number of rotatable bonds is 7. The van der Waals surface area contributed by atoms with Crippen LogP contribution in [0.15, 0.2) is 77.8 Å². The Kier molecular flexibility index (Phi) is 6.63. The summed E-state index contributed by atoms with van der Waals surface area (Å²) in [4.78, 5) is 5.00. The zero-order chi connectivity index (χ0) is 15.6. The van der Waals surface area contributed by atoms with Crippen molar-refractivity contribution in [2.45, 2.75) is 39.2 Å². The SMILES string of the molecule is CC/C=C/CCC(C)N=C(c1ccccc1)c1ccccc1. The van der Waals surface area contributed by atoms with E-state index in [0.29, 0.717) is 6.04 Å². The second kappa shape index (κ2) is 8.99. The predicted octanol–water partition coefficient (Wildman–Crippen LogP) is 5.66. The fourth-order valence-electron chi connectivity index (χ4n) is 2.41. The number of nitrogens with zero attached hydrogens (tertiary/aromatic N) is 1. The van der Waals surface area contributed by atoms with E-state index in [1.54, 1.807) is 0 Å². The third-order valence-electron chi connectivity index (χ3n) is 3.60. The van der Waals surface area contributed by atoms with Crippen LogP contribution in [0.5, 0.6) is 0 Å². The number of hydrogen-bond acceptors (Lipinski definition) is 1. The van der Waals surface area contributed by atoms with Crippen molar-refractivity contribution in [1.29, 1.82) is 0 Å². The number of allylic oxidation sites excluding steroid dienone is 2. The van der Waals surface area contributed by atoms with Crippen LogP contribution in [-0.4, -0.2) is 11.8 Å². The highest BCUT2D eigenvalue weighted by Gasteiger charge is 2.08. The maximum Gasteiger partial charge on any atom is 0.0722 e. The molecular formula is C21H25N. The minimum Gasteiger partial charge on any atom is -0.281 e. The summed E-state index contributed by atoms with van der Waals surface area (Å²) in [7, 11) is 0. The van der Waals surface area contributed by atoms with Crippen molar-refractivity contribution in [3.05, 3.63) is 83.9 Å². The monoisotopic (exact) mass is 291 g/mol. The largest absolute Gasteiger partial charge is 0.281 e. The van der Waals surface area contributed by atoms with E-state index < -0.39 is 0 Å². The van der Waals surface area contributed by atoms with Crippen LogP contribution in [0.1, 0.15) is 44.2 Å². The van der Waals surface area contributed by atoms with Crippen molar-refractivity contribution >= 4 is 5.71 Å². The molecule has 2 aromatic rings. The molecule has 1 atom stereocenters. The Morgan fingerprint density at radius 1 is 0.909 bits per heavy atom. The standard InChI is InChI=1S/C21H25N/c1-3-4-5-8-13-18(2)22-21(19-14-9-6-10-15-19)20-16-11-7-12-17-20/h4-7,9-12,14-18H,3,8,13H2,1-2H3/b5-4+. The number of benzene rings is 2. The van der Waals surface area contributed by atoms with Crippen molar-refractivity contribution < 1.29 is 0 Å². The van der Waals surface area contributed by atoms with Gasteiger partial charge >= 0.3 is 0 Å². The number of aliphatic imine (C=N–C) groups is 1. The van der Waals surface area contributed by atoms with E-state index in [1.165, 1.54) is 11.1 Å². The summed E-state index contributed by atoms with van der Waals surface area (Å²) >= 11 is 0. The Bertz CT molecular complexity index is 555. The molecule has 2 rings (SSSR count). The van der Waals surface area contributed by atoms with E-state index >= 15 is 0 Å². The normalized spacial score (nSPS) is 12.3. The Morgan fingerprint density at radius 2 is 1.45 bits per heavy atom. The highest BCUT2D eigenvalue weighted by molar-refractivity contribution is 6.12. The molecule has 0 saturated carbocycles. The highest BCUT2D eigenvalue weighted by atomic mass is 14.8. The first-order valence-corrected chi connectivity index (χ1v) is 8.15. The molecule has 0 aromatic heterocycles. The van der Waals surface area contributed by atoms with Gasteiger partial charge in [0.25, 0.3) is 0 Å². The highest BCUT2D eigenvalue weighted by Crippen LogP contribution is 2.14. The lowest BCUT2D eigenvalue weighted by molar-refractivity contribution is 0.678. The first-order valence-electron chi connectivity index (χ1n) is 8.15.